The third-order valence-electron chi connectivity index (χ3n) is 3.51. The fourth-order valence-electron chi connectivity index (χ4n) is 2.36. The topological polar surface area (TPSA) is 71.5 Å². The highest BCUT2D eigenvalue weighted by molar-refractivity contribution is 5.98. The minimum absolute atomic E-state index is 0.179. The van der Waals surface area contributed by atoms with Crippen molar-refractivity contribution in [2.24, 2.45) is 0 Å². The third kappa shape index (κ3) is 2.64. The van der Waals surface area contributed by atoms with Gasteiger partial charge in [0.1, 0.15) is 0 Å². The van der Waals surface area contributed by atoms with Crippen molar-refractivity contribution in [3.63, 3.8) is 0 Å². The monoisotopic (exact) mass is 272 g/mol. The second kappa shape index (κ2) is 5.56. The van der Waals surface area contributed by atoms with Crippen LogP contribution in [0.5, 0.6) is 0 Å². The number of nitrogens with zero attached hydrogens (tertiary/aromatic N) is 1. The van der Waals surface area contributed by atoms with E-state index in [2.05, 4.69) is 10.3 Å². The van der Waals surface area contributed by atoms with Gasteiger partial charge >= 0.3 is 0 Å². The maximum atomic E-state index is 12.2. The molecule has 0 unspecified atom stereocenters. The lowest BCUT2D eigenvalue weighted by Crippen LogP contribution is -2.48. The van der Waals surface area contributed by atoms with Gasteiger partial charge in [0.15, 0.2) is 0 Å². The van der Waals surface area contributed by atoms with Gasteiger partial charge in [-0.2, -0.15) is 0 Å². The second-order valence-electron chi connectivity index (χ2n) is 4.92. The molecule has 2 atom stereocenters. The Balaban J connectivity index is 1.78. The van der Waals surface area contributed by atoms with E-state index in [1.165, 1.54) is 0 Å². The van der Waals surface area contributed by atoms with Gasteiger partial charge in [-0.15, -0.1) is 0 Å². The second-order valence-corrected chi connectivity index (χ2v) is 4.92. The van der Waals surface area contributed by atoms with Gasteiger partial charge in [-0.1, -0.05) is 6.07 Å². The molecular weight excluding hydrogens is 256 g/mol. The molecule has 104 valence electrons. The molecule has 0 radical (unpaired) electrons. The highest BCUT2D eigenvalue weighted by Crippen LogP contribution is 2.14. The molecule has 5 nitrogen and oxygen atoms in total. The molecule has 1 saturated heterocycles. The predicted octanol–water partition coefficient (Wildman–Crippen LogP) is 1.11. The number of aliphatic hydroxyl groups excluding tert-OH is 1. The third-order valence-corrected chi connectivity index (χ3v) is 3.51. The van der Waals surface area contributed by atoms with Crippen molar-refractivity contribution in [1.82, 2.24) is 10.3 Å². The Morgan fingerprint density at radius 2 is 2.30 bits per heavy atom. The molecule has 3 rings (SSSR count). The molecule has 1 aromatic carbocycles. The summed E-state index contributed by atoms with van der Waals surface area (Å²) in [5.74, 6) is -0.179. The summed E-state index contributed by atoms with van der Waals surface area (Å²) in [7, 11) is 0. The number of pyridine rings is 1. The zero-order valence-corrected chi connectivity index (χ0v) is 11.0. The lowest BCUT2D eigenvalue weighted by Gasteiger charge is -2.28. The Bertz CT molecular complexity index is 629. The van der Waals surface area contributed by atoms with E-state index in [9.17, 15) is 9.90 Å². The Morgan fingerprint density at radius 3 is 3.15 bits per heavy atom. The number of ether oxygens (including phenoxy) is 1. The lowest BCUT2D eigenvalue weighted by molar-refractivity contribution is -0.0260. The SMILES string of the molecule is O=C(N[C@@H]1CCOC[C@H]1O)c1ccc2ncccc2c1. The van der Waals surface area contributed by atoms with Crippen LogP contribution in [0.3, 0.4) is 0 Å². The van der Waals surface area contributed by atoms with Crippen molar-refractivity contribution >= 4 is 16.8 Å². The van der Waals surface area contributed by atoms with E-state index in [-0.39, 0.29) is 18.6 Å². The molecule has 2 heterocycles. The number of nitrogens with one attached hydrogen (secondary N) is 1. The predicted molar refractivity (Wildman–Crippen MR) is 74.4 cm³/mol. The Kier molecular flexibility index (Phi) is 3.62. The normalized spacial score (nSPS) is 22.6. The number of carbonyl (C=O) groups excluding carboxylic acids is 1. The summed E-state index contributed by atoms with van der Waals surface area (Å²) in [5.41, 5.74) is 1.43. The van der Waals surface area contributed by atoms with Crippen LogP contribution >= 0.6 is 0 Å². The summed E-state index contributed by atoms with van der Waals surface area (Å²) in [6, 6.07) is 8.89. The molecule has 20 heavy (non-hydrogen) atoms. The van der Waals surface area contributed by atoms with Crippen LogP contribution in [0, 0.1) is 0 Å². The Labute approximate surface area is 116 Å². The molecule has 2 N–H and O–H groups in total. The molecule has 1 aliphatic heterocycles. The van der Waals surface area contributed by atoms with E-state index in [0.29, 0.717) is 18.6 Å². The zero-order valence-electron chi connectivity index (χ0n) is 11.0. The molecule has 2 aromatic rings. The summed E-state index contributed by atoms with van der Waals surface area (Å²) in [6.45, 7) is 0.830. The smallest absolute Gasteiger partial charge is 0.251 e. The number of aliphatic hydroxyl groups is 1. The molecule has 1 aliphatic rings. The number of benzene rings is 1. The first kappa shape index (κ1) is 13.0. The summed E-state index contributed by atoms with van der Waals surface area (Å²) >= 11 is 0. The maximum Gasteiger partial charge on any atom is 0.251 e. The number of carbonyl (C=O) groups is 1. The van der Waals surface area contributed by atoms with Crippen LogP contribution in [0.2, 0.25) is 0 Å². The van der Waals surface area contributed by atoms with Gasteiger partial charge in [0.2, 0.25) is 0 Å². The first-order chi connectivity index (χ1) is 9.74. The van der Waals surface area contributed by atoms with Crippen molar-refractivity contribution in [2.75, 3.05) is 13.2 Å². The van der Waals surface area contributed by atoms with E-state index in [4.69, 9.17) is 4.74 Å². The van der Waals surface area contributed by atoms with E-state index in [0.717, 1.165) is 10.9 Å². The Hall–Kier alpha value is -1.98. The minimum atomic E-state index is -0.644. The molecule has 5 heteroatoms. The van der Waals surface area contributed by atoms with Crippen molar-refractivity contribution in [3.8, 4) is 0 Å². The van der Waals surface area contributed by atoms with Crippen molar-refractivity contribution < 1.29 is 14.6 Å². The van der Waals surface area contributed by atoms with E-state index in [1.807, 2.05) is 24.3 Å². The van der Waals surface area contributed by atoms with Crippen molar-refractivity contribution in [3.05, 3.63) is 42.1 Å². The van der Waals surface area contributed by atoms with Gasteiger partial charge in [0.05, 0.1) is 24.3 Å². The molecule has 1 amide bonds. The summed E-state index contributed by atoms with van der Waals surface area (Å²) in [5, 5.41) is 13.6. The van der Waals surface area contributed by atoms with E-state index < -0.39 is 6.10 Å². The average molecular weight is 272 g/mol. The fraction of sp³-hybridized carbons (Fsp3) is 0.333. The largest absolute Gasteiger partial charge is 0.389 e. The number of aromatic nitrogens is 1. The van der Waals surface area contributed by atoms with Gasteiger partial charge in [-0.25, -0.2) is 0 Å². The zero-order chi connectivity index (χ0) is 13.9. The molecule has 0 aliphatic carbocycles. The lowest BCUT2D eigenvalue weighted by atomic mass is 10.0. The minimum Gasteiger partial charge on any atom is -0.389 e. The van der Waals surface area contributed by atoms with Crippen LogP contribution in [0.4, 0.5) is 0 Å². The van der Waals surface area contributed by atoms with Gasteiger partial charge in [-0.05, 0) is 30.7 Å². The summed E-state index contributed by atoms with van der Waals surface area (Å²) in [6.07, 6.45) is 1.71. The average Bonchev–Trinajstić information content (AvgIpc) is 2.49. The fourth-order valence-corrected chi connectivity index (χ4v) is 2.36. The van der Waals surface area contributed by atoms with Crippen molar-refractivity contribution in [2.45, 2.75) is 18.6 Å². The number of amides is 1. The standard InChI is InChI=1S/C15H16N2O3/c18-14-9-20-7-5-13(14)17-15(19)11-3-4-12-10(8-11)2-1-6-16-12/h1-4,6,8,13-14,18H,5,7,9H2,(H,17,19)/t13-,14-/m1/s1. The summed E-state index contributed by atoms with van der Waals surface area (Å²) < 4.78 is 5.15. The van der Waals surface area contributed by atoms with Crippen LogP contribution < -0.4 is 5.32 Å². The molecule has 1 aromatic heterocycles. The number of hydrogen-bond acceptors (Lipinski definition) is 4. The van der Waals surface area contributed by atoms with Crippen LogP contribution in [0.15, 0.2) is 36.5 Å². The van der Waals surface area contributed by atoms with E-state index in [1.54, 1.807) is 12.3 Å². The van der Waals surface area contributed by atoms with Crippen LogP contribution in [0.1, 0.15) is 16.8 Å². The molecule has 0 bridgehead atoms. The quantitative estimate of drug-likeness (QED) is 0.859. The molecular formula is C15H16N2O3. The molecule has 0 spiro atoms. The van der Waals surface area contributed by atoms with Crippen LogP contribution in [-0.2, 0) is 4.74 Å². The van der Waals surface area contributed by atoms with Gasteiger partial charge in [0.25, 0.3) is 5.91 Å². The van der Waals surface area contributed by atoms with Gasteiger partial charge < -0.3 is 15.2 Å². The number of hydrogen-bond donors (Lipinski definition) is 2. The van der Waals surface area contributed by atoms with Gasteiger partial charge in [0, 0.05) is 23.8 Å². The highest BCUT2D eigenvalue weighted by Gasteiger charge is 2.25. The first-order valence-corrected chi connectivity index (χ1v) is 6.65. The van der Waals surface area contributed by atoms with Gasteiger partial charge in [-0.3, -0.25) is 9.78 Å². The molecule has 1 fully saturated rings. The first-order valence-electron chi connectivity index (χ1n) is 6.65. The van der Waals surface area contributed by atoms with Crippen molar-refractivity contribution in [1.29, 1.82) is 0 Å². The highest BCUT2D eigenvalue weighted by atomic mass is 16.5. The van der Waals surface area contributed by atoms with Crippen LogP contribution in [-0.4, -0.2) is 41.4 Å². The molecule has 0 saturated carbocycles. The van der Waals surface area contributed by atoms with Crippen LogP contribution in [0.25, 0.3) is 10.9 Å². The van der Waals surface area contributed by atoms with E-state index >= 15 is 0 Å². The maximum absolute atomic E-state index is 12.2. The Morgan fingerprint density at radius 1 is 1.40 bits per heavy atom. The summed E-state index contributed by atoms with van der Waals surface area (Å²) in [4.78, 5) is 16.4. The number of fused-ring (bicyclic) bond motifs is 1. The number of rotatable bonds is 2.